The Labute approximate surface area is 162 Å². The van der Waals surface area contributed by atoms with Crippen molar-refractivity contribution >= 4 is 11.2 Å². The zero-order valence-corrected chi connectivity index (χ0v) is 15.6. The first-order chi connectivity index (χ1) is 13.8. The van der Waals surface area contributed by atoms with Crippen LogP contribution in [-0.2, 0) is 6.54 Å². The molecule has 6 heteroatoms. The van der Waals surface area contributed by atoms with E-state index in [0.717, 1.165) is 41.3 Å². The maximum absolute atomic E-state index is 5.58. The number of furan rings is 1. The third-order valence-electron chi connectivity index (χ3n) is 5.16. The zero-order chi connectivity index (χ0) is 18.9. The van der Waals surface area contributed by atoms with Crippen LogP contribution in [0.2, 0.25) is 0 Å². The van der Waals surface area contributed by atoms with Gasteiger partial charge in [0, 0.05) is 5.92 Å². The highest BCUT2D eigenvalue weighted by molar-refractivity contribution is 5.86. The molecular weight excluding hydrogens is 352 g/mol. The van der Waals surface area contributed by atoms with Gasteiger partial charge in [-0.15, -0.1) is 0 Å². The van der Waals surface area contributed by atoms with E-state index in [1.165, 1.54) is 5.56 Å². The van der Waals surface area contributed by atoms with Gasteiger partial charge in [-0.2, -0.15) is 0 Å². The van der Waals surface area contributed by atoms with Gasteiger partial charge in [-0.25, -0.2) is 15.0 Å². The van der Waals surface area contributed by atoms with E-state index < -0.39 is 0 Å². The van der Waals surface area contributed by atoms with Gasteiger partial charge in [0.1, 0.15) is 29.1 Å². The van der Waals surface area contributed by atoms with Crippen LogP contribution in [0.5, 0.6) is 5.75 Å². The normalized spacial score (nSPS) is 16.1. The van der Waals surface area contributed by atoms with E-state index in [0.29, 0.717) is 12.3 Å². The van der Waals surface area contributed by atoms with Gasteiger partial charge in [0.25, 0.3) is 0 Å². The number of rotatable bonds is 5. The van der Waals surface area contributed by atoms with Crippen molar-refractivity contribution in [1.82, 2.24) is 19.5 Å². The highest BCUT2D eigenvalue weighted by atomic mass is 16.5. The van der Waals surface area contributed by atoms with Crippen molar-refractivity contribution in [3.8, 4) is 17.2 Å². The predicted octanol–water partition coefficient (Wildman–Crippen LogP) is 4.58. The Morgan fingerprint density at radius 1 is 1.18 bits per heavy atom. The molecule has 0 bridgehead atoms. The minimum atomic E-state index is 0.289. The average Bonchev–Trinajstić information content (AvgIpc) is 3.49. The summed E-state index contributed by atoms with van der Waals surface area (Å²) >= 11 is 0. The first-order valence-corrected chi connectivity index (χ1v) is 9.38. The van der Waals surface area contributed by atoms with Crippen molar-refractivity contribution in [2.75, 3.05) is 7.11 Å². The summed E-state index contributed by atoms with van der Waals surface area (Å²) in [6.07, 6.45) is 9.84. The highest BCUT2D eigenvalue weighted by Crippen LogP contribution is 2.33. The van der Waals surface area contributed by atoms with Gasteiger partial charge < -0.3 is 13.7 Å². The minimum absolute atomic E-state index is 0.289. The lowest BCUT2D eigenvalue weighted by Crippen LogP contribution is -2.08. The highest BCUT2D eigenvalue weighted by Gasteiger charge is 2.24. The molecule has 0 N–H and O–H groups in total. The number of imidazole rings is 1. The molecule has 1 aliphatic rings. The van der Waals surface area contributed by atoms with E-state index in [4.69, 9.17) is 14.1 Å². The molecule has 1 aliphatic carbocycles. The van der Waals surface area contributed by atoms with Gasteiger partial charge in [0.05, 0.1) is 19.9 Å². The Kier molecular flexibility index (Phi) is 4.16. The minimum Gasteiger partial charge on any atom is -0.497 e. The summed E-state index contributed by atoms with van der Waals surface area (Å²) in [4.78, 5) is 14.0. The molecule has 3 heterocycles. The van der Waals surface area contributed by atoms with Gasteiger partial charge in [-0.05, 0) is 42.7 Å². The molecule has 0 spiro atoms. The number of hydrogen-bond donors (Lipinski definition) is 0. The molecule has 6 nitrogen and oxygen atoms in total. The number of nitrogens with zero attached hydrogens (tertiary/aromatic N) is 4. The molecule has 1 aromatic carbocycles. The number of aromatic nitrogens is 4. The van der Waals surface area contributed by atoms with Crippen LogP contribution in [0.4, 0.5) is 0 Å². The quantitative estimate of drug-likeness (QED) is 0.480. The van der Waals surface area contributed by atoms with Crippen molar-refractivity contribution in [3.05, 3.63) is 72.5 Å². The number of ether oxygens (including phenoxy) is 1. The molecule has 1 atom stereocenters. The van der Waals surface area contributed by atoms with Crippen LogP contribution in [0, 0.1) is 0 Å². The van der Waals surface area contributed by atoms with Crippen LogP contribution >= 0.6 is 0 Å². The number of hydrogen-bond acceptors (Lipinski definition) is 5. The Balaban J connectivity index is 1.65. The lowest BCUT2D eigenvalue weighted by molar-refractivity contribution is 0.414. The summed E-state index contributed by atoms with van der Waals surface area (Å²) in [5.74, 6) is 2.86. The van der Waals surface area contributed by atoms with Crippen LogP contribution < -0.4 is 4.74 Å². The molecule has 0 saturated heterocycles. The van der Waals surface area contributed by atoms with E-state index in [2.05, 4.69) is 38.8 Å². The van der Waals surface area contributed by atoms with Crippen molar-refractivity contribution in [2.45, 2.75) is 25.3 Å². The van der Waals surface area contributed by atoms with Crippen molar-refractivity contribution < 1.29 is 9.15 Å². The summed E-state index contributed by atoms with van der Waals surface area (Å²) in [7, 11) is 1.68. The van der Waals surface area contributed by atoms with E-state index in [1.54, 1.807) is 19.7 Å². The standard InChI is InChI=1S/C22H20N4O2/c1-27-17-10-8-15(9-11-17)13-26-21(16-5-2-3-6-16)25-20-19(18-7-4-12-28-18)23-14-24-22(20)26/h2,4-5,7-12,14,16H,3,6,13H2,1H3. The van der Waals surface area contributed by atoms with Crippen molar-refractivity contribution in [2.24, 2.45) is 0 Å². The topological polar surface area (TPSA) is 66.0 Å². The SMILES string of the molecule is COc1ccc(Cn2c(C3C=CCC3)nc3c(-c4ccco4)ncnc32)cc1. The van der Waals surface area contributed by atoms with Crippen LogP contribution in [0.15, 0.2) is 65.6 Å². The third kappa shape index (κ3) is 2.87. The Hall–Kier alpha value is -3.41. The number of methoxy groups -OCH3 is 1. The Morgan fingerprint density at radius 2 is 2.07 bits per heavy atom. The summed E-state index contributed by atoms with van der Waals surface area (Å²) in [6, 6.07) is 11.9. The molecule has 1 unspecified atom stereocenters. The molecule has 28 heavy (non-hydrogen) atoms. The fraction of sp³-hybridized carbons (Fsp3) is 0.227. The fourth-order valence-electron chi connectivity index (χ4n) is 3.75. The van der Waals surface area contributed by atoms with Gasteiger partial charge >= 0.3 is 0 Å². The molecular formula is C22H20N4O2. The van der Waals surface area contributed by atoms with Crippen molar-refractivity contribution in [1.29, 1.82) is 0 Å². The van der Waals surface area contributed by atoms with Gasteiger partial charge in [0.2, 0.25) is 0 Å². The summed E-state index contributed by atoms with van der Waals surface area (Å²) in [5, 5.41) is 0. The van der Waals surface area contributed by atoms with Gasteiger partial charge in [-0.3, -0.25) is 0 Å². The number of fused-ring (bicyclic) bond motifs is 1. The smallest absolute Gasteiger partial charge is 0.164 e. The monoisotopic (exact) mass is 372 g/mol. The van der Waals surface area contributed by atoms with Crippen LogP contribution in [0.1, 0.15) is 30.1 Å². The zero-order valence-electron chi connectivity index (χ0n) is 15.6. The summed E-state index contributed by atoms with van der Waals surface area (Å²) in [5.41, 5.74) is 3.50. The summed E-state index contributed by atoms with van der Waals surface area (Å²) in [6.45, 7) is 0.689. The predicted molar refractivity (Wildman–Crippen MR) is 106 cm³/mol. The Bertz CT molecular complexity index is 1130. The fourth-order valence-corrected chi connectivity index (χ4v) is 3.75. The van der Waals surface area contributed by atoms with E-state index in [-0.39, 0.29) is 5.92 Å². The molecule has 4 aromatic rings. The molecule has 3 aromatic heterocycles. The first kappa shape index (κ1) is 16.7. The molecule has 0 amide bonds. The Morgan fingerprint density at radius 3 is 2.79 bits per heavy atom. The second-order valence-electron chi connectivity index (χ2n) is 6.89. The molecule has 140 valence electrons. The molecule has 0 fully saturated rings. The van der Waals surface area contributed by atoms with E-state index in [1.807, 2.05) is 24.3 Å². The van der Waals surface area contributed by atoms with E-state index in [9.17, 15) is 0 Å². The average molecular weight is 372 g/mol. The lowest BCUT2D eigenvalue weighted by Gasteiger charge is -2.12. The maximum Gasteiger partial charge on any atom is 0.164 e. The van der Waals surface area contributed by atoms with Crippen LogP contribution in [0.25, 0.3) is 22.6 Å². The lowest BCUT2D eigenvalue weighted by atomic mass is 10.1. The second kappa shape index (κ2) is 6.96. The van der Waals surface area contributed by atoms with Crippen LogP contribution in [0.3, 0.4) is 0 Å². The largest absolute Gasteiger partial charge is 0.497 e. The molecule has 0 radical (unpaired) electrons. The van der Waals surface area contributed by atoms with Gasteiger partial charge in [-0.1, -0.05) is 24.3 Å². The molecule has 0 saturated carbocycles. The summed E-state index contributed by atoms with van der Waals surface area (Å²) < 4.78 is 13.1. The van der Waals surface area contributed by atoms with E-state index >= 15 is 0 Å². The maximum atomic E-state index is 5.58. The molecule has 5 rings (SSSR count). The first-order valence-electron chi connectivity index (χ1n) is 9.38. The number of allylic oxidation sites excluding steroid dienone is 2. The van der Waals surface area contributed by atoms with Gasteiger partial charge in [0.15, 0.2) is 11.4 Å². The number of benzene rings is 1. The third-order valence-corrected chi connectivity index (χ3v) is 5.16. The van der Waals surface area contributed by atoms with Crippen LogP contribution in [-0.4, -0.2) is 26.6 Å². The van der Waals surface area contributed by atoms with Crippen molar-refractivity contribution in [3.63, 3.8) is 0 Å². The second-order valence-corrected chi connectivity index (χ2v) is 6.89. The molecule has 0 aliphatic heterocycles.